The van der Waals surface area contributed by atoms with Crippen LogP contribution in [0.25, 0.3) is 0 Å². The van der Waals surface area contributed by atoms with Crippen molar-refractivity contribution in [3.63, 3.8) is 0 Å². The van der Waals surface area contributed by atoms with Gasteiger partial charge in [-0.2, -0.15) is 4.73 Å². The Morgan fingerprint density at radius 1 is 1.62 bits per heavy atom. The van der Waals surface area contributed by atoms with Crippen LogP contribution >= 0.6 is 23.2 Å². The molecule has 0 aliphatic carbocycles. The highest BCUT2D eigenvalue weighted by atomic mass is 35.5. The zero-order chi connectivity index (χ0) is 10.0. The summed E-state index contributed by atoms with van der Waals surface area (Å²) in [4.78, 5) is 11.0. The highest BCUT2D eigenvalue weighted by molar-refractivity contribution is 6.33. The fraction of sp³-hybridized carbons (Fsp3) is 0.143. The van der Waals surface area contributed by atoms with Crippen LogP contribution in [0.1, 0.15) is 10.4 Å². The highest BCUT2D eigenvalue weighted by Gasteiger charge is 2.19. The number of carbonyl (C=O) groups excluding carboxylic acids is 1. The Balaban J connectivity index is 3.28. The summed E-state index contributed by atoms with van der Waals surface area (Å²) in [6.45, 7) is 0. The summed E-state index contributed by atoms with van der Waals surface area (Å²) in [5, 5.41) is 10.8. The van der Waals surface area contributed by atoms with E-state index in [1.165, 1.54) is 13.2 Å². The summed E-state index contributed by atoms with van der Waals surface area (Å²) >= 11 is 11.1. The minimum absolute atomic E-state index is 0.0494. The van der Waals surface area contributed by atoms with E-state index in [2.05, 4.69) is 4.74 Å². The lowest BCUT2D eigenvalue weighted by atomic mass is 10.3. The van der Waals surface area contributed by atoms with Crippen LogP contribution in [0.15, 0.2) is 12.3 Å². The molecule has 70 valence electrons. The lowest BCUT2D eigenvalue weighted by molar-refractivity contribution is -0.603. The quantitative estimate of drug-likeness (QED) is 0.312. The van der Waals surface area contributed by atoms with Gasteiger partial charge in [-0.15, -0.1) is 0 Å². The first-order valence-electron chi connectivity index (χ1n) is 3.22. The zero-order valence-corrected chi connectivity index (χ0v) is 8.09. The highest BCUT2D eigenvalue weighted by Crippen LogP contribution is 2.16. The largest absolute Gasteiger partial charge is 0.618 e. The third-order valence-corrected chi connectivity index (χ3v) is 1.92. The zero-order valence-electron chi connectivity index (χ0n) is 6.58. The fourth-order valence-electron chi connectivity index (χ4n) is 0.775. The van der Waals surface area contributed by atoms with Crippen molar-refractivity contribution in [2.75, 3.05) is 7.11 Å². The first-order valence-corrected chi connectivity index (χ1v) is 3.98. The molecule has 13 heavy (non-hydrogen) atoms. The molecule has 0 bridgehead atoms. The number of halogens is 2. The van der Waals surface area contributed by atoms with E-state index in [1.807, 2.05) is 0 Å². The number of esters is 1. The molecule has 0 N–H and O–H groups in total. The Labute approximate surface area is 84.2 Å². The van der Waals surface area contributed by atoms with Crippen LogP contribution in [0, 0.1) is 5.21 Å². The van der Waals surface area contributed by atoms with Crippen molar-refractivity contribution >= 4 is 29.2 Å². The van der Waals surface area contributed by atoms with Gasteiger partial charge in [-0.3, -0.25) is 0 Å². The normalized spacial score (nSPS) is 9.77. The molecule has 0 amide bonds. The second-order valence-electron chi connectivity index (χ2n) is 2.18. The van der Waals surface area contributed by atoms with Gasteiger partial charge in [-0.1, -0.05) is 11.6 Å². The number of ether oxygens (including phenoxy) is 1. The van der Waals surface area contributed by atoms with Gasteiger partial charge >= 0.3 is 11.1 Å². The number of aromatic nitrogens is 1. The molecule has 1 rings (SSSR count). The van der Waals surface area contributed by atoms with Crippen LogP contribution in [-0.2, 0) is 4.74 Å². The Kier molecular flexibility index (Phi) is 2.95. The van der Waals surface area contributed by atoms with Crippen molar-refractivity contribution in [1.82, 2.24) is 0 Å². The van der Waals surface area contributed by atoms with Gasteiger partial charge in [0.15, 0.2) is 0 Å². The third-order valence-electron chi connectivity index (χ3n) is 1.34. The Hall–Kier alpha value is -1.00. The number of pyridine rings is 1. The summed E-state index contributed by atoms with van der Waals surface area (Å²) in [6, 6.07) is 1.27. The molecule has 6 heteroatoms. The van der Waals surface area contributed by atoms with E-state index in [9.17, 15) is 10.0 Å². The van der Waals surface area contributed by atoms with Crippen molar-refractivity contribution in [2.45, 2.75) is 0 Å². The number of hydrogen-bond acceptors (Lipinski definition) is 3. The van der Waals surface area contributed by atoms with Crippen molar-refractivity contribution < 1.29 is 14.3 Å². The van der Waals surface area contributed by atoms with E-state index < -0.39 is 5.97 Å². The predicted molar refractivity (Wildman–Crippen MR) is 46.8 cm³/mol. The van der Waals surface area contributed by atoms with E-state index in [0.717, 1.165) is 6.20 Å². The Morgan fingerprint density at radius 2 is 2.23 bits per heavy atom. The molecule has 0 aliphatic rings. The van der Waals surface area contributed by atoms with Crippen LogP contribution < -0.4 is 4.73 Å². The second-order valence-corrected chi connectivity index (χ2v) is 2.97. The maximum absolute atomic E-state index is 11.0. The van der Waals surface area contributed by atoms with Crippen molar-refractivity contribution in [2.24, 2.45) is 0 Å². The monoisotopic (exact) mass is 221 g/mol. The smallest absolute Gasteiger partial charge is 0.345 e. The lowest BCUT2D eigenvalue weighted by Crippen LogP contribution is -2.29. The molecule has 0 unspecified atom stereocenters. The van der Waals surface area contributed by atoms with Crippen molar-refractivity contribution in [3.05, 3.63) is 33.2 Å². The molecule has 0 saturated heterocycles. The van der Waals surface area contributed by atoms with Crippen LogP contribution in [0.5, 0.6) is 0 Å². The minimum atomic E-state index is -0.697. The standard InChI is InChI=1S/C7H5Cl2NO3/c1-13-7(11)5-2-4(8)3-10(12)6(5)9/h2-3H,1H3. The summed E-state index contributed by atoms with van der Waals surface area (Å²) < 4.78 is 4.69. The molecule has 0 aliphatic heterocycles. The predicted octanol–water partition coefficient (Wildman–Crippen LogP) is 1.41. The van der Waals surface area contributed by atoms with E-state index in [-0.39, 0.29) is 15.7 Å². The van der Waals surface area contributed by atoms with Crippen molar-refractivity contribution in [3.8, 4) is 0 Å². The van der Waals surface area contributed by atoms with E-state index >= 15 is 0 Å². The Bertz CT molecular complexity index is 354. The first-order chi connectivity index (χ1) is 6.06. The molecule has 1 aromatic heterocycles. The summed E-state index contributed by atoms with van der Waals surface area (Å²) in [6.07, 6.45) is 1.05. The molecule has 0 aromatic carbocycles. The molecular formula is C7H5Cl2NO3. The third kappa shape index (κ3) is 2.02. The van der Waals surface area contributed by atoms with Crippen LogP contribution in [0.3, 0.4) is 0 Å². The maximum Gasteiger partial charge on any atom is 0.345 e. The van der Waals surface area contributed by atoms with Gasteiger partial charge in [-0.25, -0.2) is 4.79 Å². The molecule has 0 saturated carbocycles. The molecule has 1 aromatic rings. The van der Waals surface area contributed by atoms with E-state index in [1.54, 1.807) is 0 Å². The molecule has 1 heterocycles. The van der Waals surface area contributed by atoms with E-state index in [0.29, 0.717) is 4.73 Å². The number of carbonyl (C=O) groups is 1. The lowest BCUT2D eigenvalue weighted by Gasteiger charge is -2.03. The number of rotatable bonds is 1. The van der Waals surface area contributed by atoms with Gasteiger partial charge in [0.2, 0.25) is 6.20 Å². The van der Waals surface area contributed by atoms with Crippen LogP contribution in [-0.4, -0.2) is 13.1 Å². The molecule has 0 atom stereocenters. The molecular weight excluding hydrogens is 217 g/mol. The maximum atomic E-state index is 11.0. The van der Waals surface area contributed by atoms with Gasteiger partial charge in [0, 0.05) is 0 Å². The SMILES string of the molecule is COC(=O)c1cc(Cl)c[n+]([O-])c1Cl. The van der Waals surface area contributed by atoms with Crippen LogP contribution in [0.2, 0.25) is 10.2 Å². The molecule has 0 fully saturated rings. The number of nitrogens with zero attached hydrogens (tertiary/aromatic N) is 1. The van der Waals surface area contributed by atoms with E-state index in [4.69, 9.17) is 23.2 Å². The summed E-state index contributed by atoms with van der Waals surface area (Å²) in [5.74, 6) is -0.697. The van der Waals surface area contributed by atoms with Crippen LogP contribution in [0.4, 0.5) is 0 Å². The number of methoxy groups -OCH3 is 1. The van der Waals surface area contributed by atoms with Gasteiger partial charge < -0.3 is 9.94 Å². The number of hydrogen-bond donors (Lipinski definition) is 0. The second kappa shape index (κ2) is 3.81. The topological polar surface area (TPSA) is 53.2 Å². The average molecular weight is 222 g/mol. The Morgan fingerprint density at radius 3 is 2.77 bits per heavy atom. The first kappa shape index (κ1) is 10.1. The molecule has 0 spiro atoms. The average Bonchev–Trinajstić information content (AvgIpc) is 2.10. The van der Waals surface area contributed by atoms with Gasteiger partial charge in [0.1, 0.15) is 10.6 Å². The fourth-order valence-corrected chi connectivity index (χ4v) is 1.15. The minimum Gasteiger partial charge on any atom is -0.618 e. The summed E-state index contributed by atoms with van der Waals surface area (Å²) in [7, 11) is 1.19. The van der Waals surface area contributed by atoms with Gasteiger partial charge in [-0.05, 0) is 17.7 Å². The molecule has 0 radical (unpaired) electrons. The van der Waals surface area contributed by atoms with Crippen molar-refractivity contribution in [1.29, 1.82) is 0 Å². The molecule has 4 nitrogen and oxygen atoms in total. The van der Waals surface area contributed by atoms with Gasteiger partial charge in [0.05, 0.1) is 7.11 Å². The van der Waals surface area contributed by atoms with Gasteiger partial charge in [0.25, 0.3) is 0 Å². The summed E-state index contributed by atoms with van der Waals surface area (Å²) in [5.41, 5.74) is -0.0494.